The van der Waals surface area contributed by atoms with Crippen molar-refractivity contribution in [2.75, 3.05) is 0 Å². The first-order chi connectivity index (χ1) is 9.20. The molecular weight excluding hydrogens is 279 g/mol. The van der Waals surface area contributed by atoms with Crippen LogP contribution in [0.15, 0.2) is 48.8 Å². The molecule has 0 aliphatic heterocycles. The molecule has 1 aromatic carbocycles. The quantitative estimate of drug-likeness (QED) is 0.746. The van der Waals surface area contributed by atoms with Gasteiger partial charge in [0.2, 0.25) is 0 Å². The van der Waals surface area contributed by atoms with E-state index in [0.29, 0.717) is 16.6 Å². The molecule has 4 heteroatoms. The Morgan fingerprint density at radius 1 is 1.05 bits per heavy atom. The number of nitrogens with zero attached hydrogens (tertiary/aromatic N) is 1. The summed E-state index contributed by atoms with van der Waals surface area (Å²) >= 11 is 12.0. The minimum atomic E-state index is 0.482. The van der Waals surface area contributed by atoms with E-state index >= 15 is 0 Å². The summed E-state index contributed by atoms with van der Waals surface area (Å²) in [4.78, 5) is 0. The summed E-state index contributed by atoms with van der Waals surface area (Å²) in [5.41, 5.74) is 10.2. The number of halogens is 2. The van der Waals surface area contributed by atoms with Crippen molar-refractivity contribution in [3.63, 3.8) is 0 Å². The van der Waals surface area contributed by atoms with Gasteiger partial charge in [0.05, 0.1) is 15.6 Å². The third kappa shape index (κ3) is 2.12. The second-order valence-corrected chi connectivity index (χ2v) is 5.16. The number of pyridine rings is 1. The molecule has 0 unspecified atom stereocenters. The zero-order valence-electron chi connectivity index (χ0n) is 10.1. The van der Waals surface area contributed by atoms with Crippen molar-refractivity contribution in [2.45, 2.75) is 6.54 Å². The Labute approximate surface area is 121 Å². The van der Waals surface area contributed by atoms with Gasteiger partial charge in [-0.3, -0.25) is 0 Å². The fourth-order valence-electron chi connectivity index (χ4n) is 2.31. The maximum Gasteiger partial charge on any atom is 0.0598 e. The first kappa shape index (κ1) is 12.5. The highest BCUT2D eigenvalue weighted by Gasteiger charge is 2.11. The van der Waals surface area contributed by atoms with E-state index in [1.54, 1.807) is 0 Å². The minimum absolute atomic E-state index is 0.482. The fraction of sp³-hybridized carbons (Fsp3) is 0.0667. The number of nitrogens with two attached hydrogens (primary N) is 1. The predicted molar refractivity (Wildman–Crippen MR) is 80.7 cm³/mol. The van der Waals surface area contributed by atoms with Gasteiger partial charge in [-0.15, -0.1) is 0 Å². The molecule has 19 heavy (non-hydrogen) atoms. The molecule has 2 N–H and O–H groups in total. The van der Waals surface area contributed by atoms with E-state index in [0.717, 1.165) is 22.2 Å². The zero-order valence-corrected chi connectivity index (χ0v) is 11.6. The molecule has 0 saturated heterocycles. The van der Waals surface area contributed by atoms with Gasteiger partial charge in [-0.1, -0.05) is 35.3 Å². The third-order valence-corrected chi connectivity index (χ3v) is 3.97. The zero-order chi connectivity index (χ0) is 13.4. The lowest BCUT2D eigenvalue weighted by molar-refractivity contribution is 1.08. The van der Waals surface area contributed by atoms with Crippen LogP contribution in [0.5, 0.6) is 0 Å². The van der Waals surface area contributed by atoms with Crippen LogP contribution >= 0.6 is 23.2 Å². The summed E-state index contributed by atoms with van der Waals surface area (Å²) in [5.74, 6) is 0. The van der Waals surface area contributed by atoms with Gasteiger partial charge < -0.3 is 10.1 Å². The summed E-state index contributed by atoms with van der Waals surface area (Å²) in [6, 6.07) is 11.7. The van der Waals surface area contributed by atoms with Gasteiger partial charge in [-0.25, -0.2) is 0 Å². The maximum absolute atomic E-state index is 6.09. The van der Waals surface area contributed by atoms with Crippen molar-refractivity contribution in [1.29, 1.82) is 0 Å². The van der Waals surface area contributed by atoms with E-state index in [2.05, 4.69) is 16.7 Å². The molecule has 0 spiro atoms. The molecule has 0 amide bonds. The smallest absolute Gasteiger partial charge is 0.0598 e. The summed E-state index contributed by atoms with van der Waals surface area (Å²) in [7, 11) is 0. The number of benzene rings is 1. The minimum Gasteiger partial charge on any atom is -0.326 e. The van der Waals surface area contributed by atoms with Gasteiger partial charge in [0.15, 0.2) is 0 Å². The SMILES string of the molecule is NCc1c(-c2ccc(Cl)c(Cl)c2)cn2ccccc12. The molecule has 0 aliphatic rings. The molecule has 0 atom stereocenters. The van der Waals surface area contributed by atoms with E-state index in [1.807, 2.05) is 36.5 Å². The summed E-state index contributed by atoms with van der Waals surface area (Å²) in [6.45, 7) is 0.482. The summed E-state index contributed by atoms with van der Waals surface area (Å²) < 4.78 is 2.07. The number of aromatic nitrogens is 1. The number of hydrogen-bond acceptors (Lipinski definition) is 1. The molecule has 0 aliphatic carbocycles. The molecule has 2 aromatic heterocycles. The van der Waals surface area contributed by atoms with Crippen LogP contribution in [0.4, 0.5) is 0 Å². The topological polar surface area (TPSA) is 30.4 Å². The average molecular weight is 291 g/mol. The molecule has 3 aromatic rings. The van der Waals surface area contributed by atoms with Crippen LogP contribution in [-0.2, 0) is 6.54 Å². The van der Waals surface area contributed by atoms with Crippen LogP contribution in [0.1, 0.15) is 5.56 Å². The maximum atomic E-state index is 6.09. The van der Waals surface area contributed by atoms with Gasteiger partial charge in [-0.05, 0) is 35.4 Å². The second kappa shape index (κ2) is 4.89. The van der Waals surface area contributed by atoms with Crippen LogP contribution in [0.3, 0.4) is 0 Å². The van der Waals surface area contributed by atoms with Crippen LogP contribution in [0.25, 0.3) is 16.6 Å². The molecule has 0 saturated carbocycles. The first-order valence-corrected chi connectivity index (χ1v) is 6.70. The van der Waals surface area contributed by atoms with Crippen molar-refractivity contribution in [1.82, 2.24) is 4.40 Å². The molecular formula is C15H12Cl2N2. The number of rotatable bonds is 2. The lowest BCUT2D eigenvalue weighted by atomic mass is 10.0. The third-order valence-electron chi connectivity index (χ3n) is 3.23. The highest BCUT2D eigenvalue weighted by atomic mass is 35.5. The van der Waals surface area contributed by atoms with Crippen LogP contribution in [-0.4, -0.2) is 4.40 Å². The Hall–Kier alpha value is -1.48. The van der Waals surface area contributed by atoms with E-state index in [4.69, 9.17) is 28.9 Å². The number of hydrogen-bond donors (Lipinski definition) is 1. The second-order valence-electron chi connectivity index (χ2n) is 4.35. The molecule has 0 radical (unpaired) electrons. The van der Waals surface area contributed by atoms with Gasteiger partial charge >= 0.3 is 0 Å². The average Bonchev–Trinajstić information content (AvgIpc) is 2.80. The lowest BCUT2D eigenvalue weighted by Gasteiger charge is -2.04. The standard InChI is InChI=1S/C15H12Cl2N2/c16-13-5-4-10(7-14(13)17)12-9-19-6-2-1-3-15(19)11(12)8-18/h1-7,9H,8,18H2. The van der Waals surface area contributed by atoms with Crippen LogP contribution < -0.4 is 5.73 Å². The Balaban J connectivity index is 2.26. The number of fused-ring (bicyclic) bond motifs is 1. The Morgan fingerprint density at radius 2 is 1.89 bits per heavy atom. The van der Waals surface area contributed by atoms with Crippen LogP contribution in [0, 0.1) is 0 Å². The molecule has 2 nitrogen and oxygen atoms in total. The van der Waals surface area contributed by atoms with E-state index in [9.17, 15) is 0 Å². The molecule has 96 valence electrons. The van der Waals surface area contributed by atoms with E-state index in [-0.39, 0.29) is 0 Å². The predicted octanol–water partition coefficient (Wildman–Crippen LogP) is 4.37. The monoisotopic (exact) mass is 290 g/mol. The fourth-order valence-corrected chi connectivity index (χ4v) is 2.60. The van der Waals surface area contributed by atoms with Crippen molar-refractivity contribution in [3.05, 3.63) is 64.4 Å². The molecule has 0 bridgehead atoms. The molecule has 2 heterocycles. The van der Waals surface area contributed by atoms with Crippen molar-refractivity contribution >= 4 is 28.7 Å². The Bertz CT molecular complexity index is 747. The van der Waals surface area contributed by atoms with Gasteiger partial charge in [-0.2, -0.15) is 0 Å². The molecule has 0 fully saturated rings. The van der Waals surface area contributed by atoms with E-state index in [1.165, 1.54) is 0 Å². The Morgan fingerprint density at radius 3 is 2.63 bits per heavy atom. The van der Waals surface area contributed by atoms with Gasteiger partial charge in [0.25, 0.3) is 0 Å². The lowest BCUT2D eigenvalue weighted by Crippen LogP contribution is -1.97. The summed E-state index contributed by atoms with van der Waals surface area (Å²) in [5, 5.41) is 1.11. The largest absolute Gasteiger partial charge is 0.326 e. The van der Waals surface area contributed by atoms with Crippen molar-refractivity contribution in [2.24, 2.45) is 5.73 Å². The summed E-state index contributed by atoms with van der Waals surface area (Å²) in [6.07, 6.45) is 4.08. The normalized spacial score (nSPS) is 11.1. The highest BCUT2D eigenvalue weighted by Crippen LogP contribution is 2.32. The highest BCUT2D eigenvalue weighted by molar-refractivity contribution is 6.42. The van der Waals surface area contributed by atoms with Crippen LogP contribution in [0.2, 0.25) is 10.0 Å². The van der Waals surface area contributed by atoms with Gasteiger partial charge in [0.1, 0.15) is 0 Å². The van der Waals surface area contributed by atoms with E-state index < -0.39 is 0 Å². The first-order valence-electron chi connectivity index (χ1n) is 5.95. The van der Waals surface area contributed by atoms with Crippen molar-refractivity contribution in [3.8, 4) is 11.1 Å². The molecule has 3 rings (SSSR count). The Kier molecular flexibility index (Phi) is 3.23. The van der Waals surface area contributed by atoms with Crippen molar-refractivity contribution < 1.29 is 0 Å². The van der Waals surface area contributed by atoms with Gasteiger partial charge in [0, 0.05) is 24.5 Å².